The Balaban J connectivity index is 1.83. The van der Waals surface area contributed by atoms with Crippen molar-refractivity contribution < 1.29 is 4.74 Å². The minimum Gasteiger partial charge on any atom is -0.493 e. The Morgan fingerprint density at radius 1 is 1.25 bits per heavy atom. The minimum absolute atomic E-state index is 0.400. The second kappa shape index (κ2) is 6.45. The molecule has 1 N–H and O–H groups in total. The summed E-state index contributed by atoms with van der Waals surface area (Å²) in [4.78, 5) is 0. The van der Waals surface area contributed by atoms with Crippen molar-refractivity contribution >= 4 is 0 Å². The Hall–Kier alpha value is -1.28. The van der Waals surface area contributed by atoms with Crippen molar-refractivity contribution in [2.45, 2.75) is 51.5 Å². The molecule has 2 nitrogen and oxygen atoms in total. The molecule has 1 aromatic carbocycles. The lowest BCUT2D eigenvalue weighted by atomic mass is 9.90. The molecule has 108 valence electrons. The number of allylic oxidation sites excluding steroid dienone is 1. The van der Waals surface area contributed by atoms with Gasteiger partial charge in [0.2, 0.25) is 0 Å². The fourth-order valence-electron chi connectivity index (χ4n) is 3.41. The van der Waals surface area contributed by atoms with E-state index in [9.17, 15) is 0 Å². The highest BCUT2D eigenvalue weighted by Gasteiger charge is 2.22. The molecule has 1 aliphatic carbocycles. The van der Waals surface area contributed by atoms with Gasteiger partial charge in [-0.1, -0.05) is 36.8 Å². The quantitative estimate of drug-likeness (QED) is 0.812. The number of ether oxygens (including phenoxy) is 1. The third-order valence-corrected chi connectivity index (χ3v) is 4.42. The third kappa shape index (κ3) is 2.90. The molecule has 1 heterocycles. The first-order chi connectivity index (χ1) is 9.88. The van der Waals surface area contributed by atoms with E-state index >= 15 is 0 Å². The summed E-state index contributed by atoms with van der Waals surface area (Å²) in [5, 5.41) is 3.66. The van der Waals surface area contributed by atoms with Crippen molar-refractivity contribution in [3.63, 3.8) is 0 Å². The van der Waals surface area contributed by atoms with Gasteiger partial charge in [-0.25, -0.2) is 0 Å². The van der Waals surface area contributed by atoms with Crippen LogP contribution in [0.25, 0.3) is 0 Å². The summed E-state index contributed by atoms with van der Waals surface area (Å²) in [7, 11) is 0. The van der Waals surface area contributed by atoms with Gasteiger partial charge in [0.1, 0.15) is 5.75 Å². The predicted molar refractivity (Wildman–Crippen MR) is 83.2 cm³/mol. The number of fused-ring (bicyclic) bond motifs is 1. The highest BCUT2D eigenvalue weighted by molar-refractivity contribution is 5.46. The maximum atomic E-state index is 5.89. The highest BCUT2D eigenvalue weighted by Crippen LogP contribution is 2.37. The number of hydrogen-bond acceptors (Lipinski definition) is 2. The van der Waals surface area contributed by atoms with E-state index in [2.05, 4.69) is 36.5 Å². The van der Waals surface area contributed by atoms with Gasteiger partial charge >= 0.3 is 0 Å². The van der Waals surface area contributed by atoms with Crippen LogP contribution in [-0.2, 0) is 6.42 Å². The summed E-state index contributed by atoms with van der Waals surface area (Å²) < 4.78 is 5.89. The molecule has 1 unspecified atom stereocenters. The lowest BCUT2D eigenvalue weighted by molar-refractivity contribution is 0.348. The molecule has 1 aromatic rings. The van der Waals surface area contributed by atoms with Crippen LogP contribution in [0.5, 0.6) is 5.75 Å². The maximum absolute atomic E-state index is 5.89. The zero-order valence-electron chi connectivity index (χ0n) is 12.5. The summed E-state index contributed by atoms with van der Waals surface area (Å²) in [6.07, 6.45) is 9.90. The summed E-state index contributed by atoms with van der Waals surface area (Å²) >= 11 is 0. The van der Waals surface area contributed by atoms with E-state index in [0.29, 0.717) is 6.04 Å². The predicted octanol–water partition coefficient (Wildman–Crippen LogP) is 4.16. The summed E-state index contributed by atoms with van der Waals surface area (Å²) in [5.41, 5.74) is 4.36. The molecule has 0 saturated carbocycles. The second-order valence-electron chi connectivity index (χ2n) is 5.86. The lowest BCUT2D eigenvalue weighted by Crippen LogP contribution is -2.22. The first-order valence-electron chi connectivity index (χ1n) is 8.04. The number of nitrogens with one attached hydrogen (secondary N) is 1. The molecule has 2 aliphatic rings. The first-order valence-corrected chi connectivity index (χ1v) is 8.04. The molecule has 20 heavy (non-hydrogen) atoms. The summed E-state index contributed by atoms with van der Waals surface area (Å²) in [5.74, 6) is 1.15. The monoisotopic (exact) mass is 271 g/mol. The molecule has 0 amide bonds. The standard InChI is InChI=1S/C18H25NO/c1-2-19-17(13-14-7-4-3-5-8-14)16-10-6-9-15-11-12-20-18(15)16/h6-7,9-10,17,19H,2-5,8,11-13H2,1H3. The third-order valence-electron chi connectivity index (χ3n) is 4.42. The van der Waals surface area contributed by atoms with E-state index in [1.165, 1.54) is 36.8 Å². The van der Waals surface area contributed by atoms with Gasteiger partial charge in [0.05, 0.1) is 6.61 Å². The molecule has 0 bridgehead atoms. The van der Waals surface area contributed by atoms with Crippen molar-refractivity contribution in [1.82, 2.24) is 5.32 Å². The topological polar surface area (TPSA) is 21.3 Å². The highest BCUT2D eigenvalue weighted by atomic mass is 16.5. The Labute approximate surface area is 122 Å². The molecular weight excluding hydrogens is 246 g/mol. The molecule has 0 radical (unpaired) electrons. The molecule has 1 aliphatic heterocycles. The average molecular weight is 271 g/mol. The van der Waals surface area contributed by atoms with Crippen LogP contribution in [-0.4, -0.2) is 13.2 Å². The Morgan fingerprint density at radius 2 is 2.20 bits per heavy atom. The number of benzene rings is 1. The molecule has 0 aromatic heterocycles. The van der Waals surface area contributed by atoms with Crippen LogP contribution in [0.1, 0.15) is 56.2 Å². The van der Waals surface area contributed by atoms with E-state index in [4.69, 9.17) is 4.74 Å². The van der Waals surface area contributed by atoms with Crippen molar-refractivity contribution in [2.75, 3.05) is 13.2 Å². The number of para-hydroxylation sites is 1. The molecule has 2 heteroatoms. The van der Waals surface area contributed by atoms with Gasteiger partial charge in [-0.2, -0.15) is 0 Å². The van der Waals surface area contributed by atoms with Gasteiger partial charge in [0, 0.05) is 18.0 Å². The molecule has 0 fully saturated rings. The van der Waals surface area contributed by atoms with E-state index in [1.807, 2.05) is 0 Å². The van der Waals surface area contributed by atoms with Crippen molar-refractivity contribution in [1.29, 1.82) is 0 Å². The Bertz CT molecular complexity index is 492. The lowest BCUT2D eigenvalue weighted by Gasteiger charge is -2.23. The van der Waals surface area contributed by atoms with Crippen LogP contribution in [0, 0.1) is 0 Å². The van der Waals surface area contributed by atoms with Gasteiger partial charge < -0.3 is 10.1 Å². The SMILES string of the molecule is CCNC(CC1=CCCCC1)c1cccc2c1OCC2. The van der Waals surface area contributed by atoms with Crippen LogP contribution in [0.15, 0.2) is 29.8 Å². The minimum atomic E-state index is 0.400. The smallest absolute Gasteiger partial charge is 0.127 e. The van der Waals surface area contributed by atoms with E-state index < -0.39 is 0 Å². The van der Waals surface area contributed by atoms with Crippen molar-refractivity contribution in [3.8, 4) is 5.75 Å². The van der Waals surface area contributed by atoms with E-state index in [-0.39, 0.29) is 0 Å². The van der Waals surface area contributed by atoms with Gasteiger partial charge in [0.15, 0.2) is 0 Å². The van der Waals surface area contributed by atoms with Gasteiger partial charge in [0.25, 0.3) is 0 Å². The first kappa shape index (κ1) is 13.7. The number of hydrogen-bond donors (Lipinski definition) is 1. The van der Waals surface area contributed by atoms with E-state index in [0.717, 1.165) is 31.7 Å². The van der Waals surface area contributed by atoms with Crippen LogP contribution in [0.2, 0.25) is 0 Å². The zero-order valence-corrected chi connectivity index (χ0v) is 12.5. The Morgan fingerprint density at radius 3 is 3.00 bits per heavy atom. The van der Waals surface area contributed by atoms with Crippen molar-refractivity contribution in [2.24, 2.45) is 0 Å². The molecule has 0 spiro atoms. The van der Waals surface area contributed by atoms with Crippen LogP contribution in [0.4, 0.5) is 0 Å². The Kier molecular flexibility index (Phi) is 4.41. The summed E-state index contributed by atoms with van der Waals surface area (Å²) in [6.45, 7) is 4.03. The normalized spacial score (nSPS) is 19.1. The fourth-order valence-corrected chi connectivity index (χ4v) is 3.41. The van der Waals surface area contributed by atoms with Crippen LogP contribution < -0.4 is 10.1 Å². The molecular formula is C18H25NO. The van der Waals surface area contributed by atoms with E-state index in [1.54, 1.807) is 5.57 Å². The summed E-state index contributed by atoms with van der Waals surface area (Å²) in [6, 6.07) is 7.02. The van der Waals surface area contributed by atoms with Crippen molar-refractivity contribution in [3.05, 3.63) is 41.0 Å². The molecule has 0 saturated heterocycles. The zero-order chi connectivity index (χ0) is 13.8. The van der Waals surface area contributed by atoms with Crippen LogP contribution in [0.3, 0.4) is 0 Å². The van der Waals surface area contributed by atoms with Gasteiger partial charge in [-0.3, -0.25) is 0 Å². The average Bonchev–Trinajstić information content (AvgIpc) is 2.96. The van der Waals surface area contributed by atoms with Crippen LogP contribution >= 0.6 is 0 Å². The largest absolute Gasteiger partial charge is 0.493 e. The molecule has 3 rings (SSSR count). The number of rotatable bonds is 5. The van der Waals surface area contributed by atoms with Gasteiger partial charge in [-0.15, -0.1) is 0 Å². The molecule has 1 atom stereocenters. The maximum Gasteiger partial charge on any atom is 0.127 e. The van der Waals surface area contributed by atoms with Gasteiger partial charge in [-0.05, 0) is 44.2 Å². The second-order valence-corrected chi connectivity index (χ2v) is 5.86. The fraction of sp³-hybridized carbons (Fsp3) is 0.556.